The number of hydrogen-bond donors (Lipinski definition) is 1. The summed E-state index contributed by atoms with van der Waals surface area (Å²) in [5.74, 6) is 0.111. The first kappa shape index (κ1) is 17.3. The number of benzene rings is 1. The summed E-state index contributed by atoms with van der Waals surface area (Å²) in [5, 5.41) is 6.89. The van der Waals surface area contributed by atoms with E-state index in [1.54, 1.807) is 16.7 Å². The third kappa shape index (κ3) is 5.28. The standard InChI is InChI=1S/C16H20FN3O2S/c1-16(2,3)22-14(21)9-8-13-18-19-15(23)20(13)10-11-4-6-12(17)7-5-11/h4-7H,8-10H2,1-3H3,(H,19,23). The number of aryl methyl sites for hydroxylation is 1. The van der Waals surface area contributed by atoms with Gasteiger partial charge in [-0.3, -0.25) is 14.5 Å². The minimum Gasteiger partial charge on any atom is -0.460 e. The molecule has 0 aliphatic heterocycles. The van der Waals surface area contributed by atoms with Crippen LogP contribution in [0.25, 0.3) is 0 Å². The Kier molecular flexibility index (Phi) is 5.30. The van der Waals surface area contributed by atoms with Crippen LogP contribution < -0.4 is 0 Å². The number of aromatic amines is 1. The van der Waals surface area contributed by atoms with Crippen molar-refractivity contribution in [3.8, 4) is 0 Å². The van der Waals surface area contributed by atoms with Crippen molar-refractivity contribution in [2.24, 2.45) is 0 Å². The molecule has 7 heteroatoms. The molecule has 0 aliphatic carbocycles. The molecule has 0 atom stereocenters. The summed E-state index contributed by atoms with van der Waals surface area (Å²) in [6.45, 7) is 5.96. The van der Waals surface area contributed by atoms with Gasteiger partial charge in [0.1, 0.15) is 17.2 Å². The lowest BCUT2D eigenvalue weighted by Crippen LogP contribution is -2.24. The van der Waals surface area contributed by atoms with E-state index in [1.165, 1.54) is 12.1 Å². The molecule has 0 amide bonds. The predicted octanol–water partition coefficient (Wildman–Crippen LogP) is 3.40. The summed E-state index contributed by atoms with van der Waals surface area (Å²) < 4.78 is 20.5. The first-order valence-corrected chi connectivity index (χ1v) is 7.76. The SMILES string of the molecule is CC(C)(C)OC(=O)CCc1n[nH]c(=S)n1Cc1ccc(F)cc1. The van der Waals surface area contributed by atoms with Gasteiger partial charge in [-0.25, -0.2) is 4.39 Å². The lowest BCUT2D eigenvalue weighted by Gasteiger charge is -2.19. The van der Waals surface area contributed by atoms with Crippen molar-refractivity contribution >= 4 is 18.2 Å². The van der Waals surface area contributed by atoms with E-state index in [9.17, 15) is 9.18 Å². The molecule has 23 heavy (non-hydrogen) atoms. The lowest BCUT2D eigenvalue weighted by molar-refractivity contribution is -0.154. The van der Waals surface area contributed by atoms with Gasteiger partial charge in [-0.2, -0.15) is 5.10 Å². The summed E-state index contributed by atoms with van der Waals surface area (Å²) in [6, 6.07) is 6.20. The van der Waals surface area contributed by atoms with Gasteiger partial charge in [0.2, 0.25) is 0 Å². The van der Waals surface area contributed by atoms with E-state index < -0.39 is 5.60 Å². The number of halogens is 1. The molecule has 1 aromatic heterocycles. The molecule has 1 N–H and O–H groups in total. The number of H-pyrrole nitrogens is 1. The van der Waals surface area contributed by atoms with Crippen LogP contribution in [0.4, 0.5) is 4.39 Å². The number of aromatic nitrogens is 3. The summed E-state index contributed by atoms with van der Waals surface area (Å²) in [4.78, 5) is 11.8. The zero-order chi connectivity index (χ0) is 17.0. The van der Waals surface area contributed by atoms with Gasteiger partial charge >= 0.3 is 5.97 Å². The molecule has 0 aliphatic rings. The highest BCUT2D eigenvalue weighted by Crippen LogP contribution is 2.12. The van der Waals surface area contributed by atoms with Crippen molar-refractivity contribution in [2.45, 2.75) is 45.8 Å². The lowest BCUT2D eigenvalue weighted by atomic mass is 10.2. The first-order valence-electron chi connectivity index (χ1n) is 7.35. The summed E-state index contributed by atoms with van der Waals surface area (Å²) >= 11 is 5.22. The number of carbonyl (C=O) groups excluding carboxylic acids is 1. The molecule has 2 rings (SSSR count). The number of esters is 1. The zero-order valence-electron chi connectivity index (χ0n) is 13.4. The van der Waals surface area contributed by atoms with E-state index in [2.05, 4.69) is 10.2 Å². The number of nitrogens with zero attached hydrogens (tertiary/aromatic N) is 2. The molecule has 2 aromatic rings. The topological polar surface area (TPSA) is 59.9 Å². The second kappa shape index (κ2) is 7.04. The Hall–Kier alpha value is -2.02. The van der Waals surface area contributed by atoms with Crippen molar-refractivity contribution in [1.29, 1.82) is 0 Å². The van der Waals surface area contributed by atoms with Crippen LogP contribution in [0.5, 0.6) is 0 Å². The van der Waals surface area contributed by atoms with Gasteiger partial charge < -0.3 is 4.74 Å². The molecular weight excluding hydrogens is 317 g/mol. The Bertz CT molecular complexity index is 729. The largest absolute Gasteiger partial charge is 0.460 e. The monoisotopic (exact) mass is 337 g/mol. The summed E-state index contributed by atoms with van der Waals surface area (Å²) in [6.07, 6.45) is 0.642. The minimum atomic E-state index is -0.504. The van der Waals surface area contributed by atoms with Crippen molar-refractivity contribution in [3.05, 3.63) is 46.2 Å². The van der Waals surface area contributed by atoms with Crippen molar-refractivity contribution in [1.82, 2.24) is 14.8 Å². The molecule has 0 radical (unpaired) electrons. The summed E-state index contributed by atoms with van der Waals surface area (Å²) in [5.41, 5.74) is 0.401. The van der Waals surface area contributed by atoms with Crippen LogP contribution in [-0.4, -0.2) is 26.3 Å². The van der Waals surface area contributed by atoms with Crippen LogP contribution >= 0.6 is 12.2 Å². The van der Waals surface area contributed by atoms with E-state index in [4.69, 9.17) is 17.0 Å². The molecule has 124 valence electrons. The van der Waals surface area contributed by atoms with Gasteiger partial charge in [-0.1, -0.05) is 12.1 Å². The van der Waals surface area contributed by atoms with E-state index >= 15 is 0 Å². The highest BCUT2D eigenvalue weighted by Gasteiger charge is 2.17. The van der Waals surface area contributed by atoms with Crippen LogP contribution in [0.15, 0.2) is 24.3 Å². The van der Waals surface area contributed by atoms with Crippen LogP contribution in [0.2, 0.25) is 0 Å². The van der Waals surface area contributed by atoms with E-state index in [0.717, 1.165) is 5.56 Å². The Morgan fingerprint density at radius 1 is 1.35 bits per heavy atom. The smallest absolute Gasteiger partial charge is 0.306 e. The molecule has 1 aromatic carbocycles. The van der Waals surface area contributed by atoms with Crippen molar-refractivity contribution < 1.29 is 13.9 Å². The van der Waals surface area contributed by atoms with E-state index in [-0.39, 0.29) is 18.2 Å². The average molecular weight is 337 g/mol. The number of hydrogen-bond acceptors (Lipinski definition) is 4. The van der Waals surface area contributed by atoms with E-state index in [0.29, 0.717) is 23.6 Å². The average Bonchev–Trinajstić information content (AvgIpc) is 2.78. The van der Waals surface area contributed by atoms with Gasteiger partial charge in [0, 0.05) is 6.42 Å². The number of ether oxygens (including phenoxy) is 1. The fraction of sp³-hybridized carbons (Fsp3) is 0.438. The zero-order valence-corrected chi connectivity index (χ0v) is 14.2. The van der Waals surface area contributed by atoms with E-state index in [1.807, 2.05) is 20.8 Å². The predicted molar refractivity (Wildman–Crippen MR) is 87.1 cm³/mol. The molecule has 0 fully saturated rings. The number of rotatable bonds is 5. The highest BCUT2D eigenvalue weighted by molar-refractivity contribution is 7.71. The van der Waals surface area contributed by atoms with Crippen LogP contribution in [0, 0.1) is 10.6 Å². The second-order valence-electron chi connectivity index (χ2n) is 6.24. The Morgan fingerprint density at radius 2 is 2.00 bits per heavy atom. The van der Waals surface area contributed by atoms with Gasteiger partial charge in [0.05, 0.1) is 13.0 Å². The molecule has 0 bridgehead atoms. The Balaban J connectivity index is 2.05. The van der Waals surface area contributed by atoms with Gasteiger partial charge in [-0.05, 0) is 50.7 Å². The molecule has 1 heterocycles. The molecule has 0 unspecified atom stereocenters. The summed E-state index contributed by atoms with van der Waals surface area (Å²) in [7, 11) is 0. The maximum atomic E-state index is 13.0. The Morgan fingerprint density at radius 3 is 2.61 bits per heavy atom. The highest BCUT2D eigenvalue weighted by atomic mass is 32.1. The van der Waals surface area contributed by atoms with Crippen LogP contribution in [0.3, 0.4) is 0 Å². The number of nitrogens with one attached hydrogen (secondary N) is 1. The van der Waals surface area contributed by atoms with Gasteiger partial charge in [-0.15, -0.1) is 0 Å². The number of carbonyl (C=O) groups is 1. The first-order chi connectivity index (χ1) is 10.7. The molecule has 0 spiro atoms. The Labute approximate surface area is 139 Å². The molecule has 5 nitrogen and oxygen atoms in total. The van der Waals surface area contributed by atoms with Crippen LogP contribution in [0.1, 0.15) is 38.6 Å². The third-order valence-corrected chi connectivity index (χ3v) is 3.38. The van der Waals surface area contributed by atoms with Gasteiger partial charge in [0.25, 0.3) is 0 Å². The molecule has 0 saturated carbocycles. The van der Waals surface area contributed by atoms with Crippen molar-refractivity contribution in [2.75, 3.05) is 0 Å². The maximum absolute atomic E-state index is 13.0. The fourth-order valence-electron chi connectivity index (χ4n) is 2.08. The third-order valence-electron chi connectivity index (χ3n) is 3.06. The molecule has 0 saturated heterocycles. The molecular formula is C16H20FN3O2S. The second-order valence-corrected chi connectivity index (χ2v) is 6.63. The maximum Gasteiger partial charge on any atom is 0.306 e. The van der Waals surface area contributed by atoms with Gasteiger partial charge in [0.15, 0.2) is 4.77 Å². The normalized spacial score (nSPS) is 11.5. The van der Waals surface area contributed by atoms with Crippen molar-refractivity contribution in [3.63, 3.8) is 0 Å². The fourth-order valence-corrected chi connectivity index (χ4v) is 2.30. The minimum absolute atomic E-state index is 0.223. The quantitative estimate of drug-likeness (QED) is 0.671. The van der Waals surface area contributed by atoms with Crippen LogP contribution in [-0.2, 0) is 22.5 Å².